The Morgan fingerprint density at radius 3 is 2.57 bits per heavy atom. The second-order valence-electron chi connectivity index (χ2n) is 6.15. The SMILES string of the molecule is Cc1cc(/C=N\NC(=O)CSc2ccc(Cl)cc2)c(C)n1-c1ccccc1Cl. The fraction of sp³-hybridized carbons (Fsp3) is 0.143. The summed E-state index contributed by atoms with van der Waals surface area (Å²) in [6.07, 6.45) is 1.65. The number of halogens is 2. The maximum Gasteiger partial charge on any atom is 0.250 e. The van der Waals surface area contributed by atoms with Crippen molar-refractivity contribution in [2.75, 3.05) is 5.75 Å². The minimum absolute atomic E-state index is 0.170. The first-order chi connectivity index (χ1) is 13.5. The van der Waals surface area contributed by atoms with Gasteiger partial charge in [-0.3, -0.25) is 4.79 Å². The van der Waals surface area contributed by atoms with Gasteiger partial charge in [-0.1, -0.05) is 35.3 Å². The van der Waals surface area contributed by atoms with E-state index in [2.05, 4.69) is 15.1 Å². The topological polar surface area (TPSA) is 46.4 Å². The van der Waals surface area contributed by atoms with Crippen LogP contribution in [-0.4, -0.2) is 22.4 Å². The first-order valence-electron chi connectivity index (χ1n) is 8.60. The zero-order chi connectivity index (χ0) is 20.1. The molecule has 1 aromatic heterocycles. The van der Waals surface area contributed by atoms with Gasteiger partial charge in [-0.05, 0) is 56.3 Å². The van der Waals surface area contributed by atoms with Crippen LogP contribution >= 0.6 is 35.0 Å². The van der Waals surface area contributed by atoms with Gasteiger partial charge in [0.15, 0.2) is 0 Å². The predicted molar refractivity (Wildman–Crippen MR) is 118 cm³/mol. The van der Waals surface area contributed by atoms with E-state index in [1.54, 1.807) is 18.3 Å². The first-order valence-corrected chi connectivity index (χ1v) is 10.3. The standard InChI is InChI=1S/C21H19Cl2N3OS/c1-14-11-16(15(2)26(14)20-6-4-3-5-19(20)23)12-24-25-21(27)13-28-18-9-7-17(22)8-10-18/h3-12H,13H2,1-2H3,(H,25,27)/b24-12-. The van der Waals surface area contributed by atoms with Crippen molar-refractivity contribution in [1.29, 1.82) is 0 Å². The van der Waals surface area contributed by atoms with Crippen LogP contribution in [0.2, 0.25) is 10.0 Å². The summed E-state index contributed by atoms with van der Waals surface area (Å²) in [5, 5.41) is 5.45. The fourth-order valence-corrected chi connectivity index (χ4v) is 3.84. The van der Waals surface area contributed by atoms with E-state index in [4.69, 9.17) is 23.2 Å². The van der Waals surface area contributed by atoms with Gasteiger partial charge in [-0.25, -0.2) is 5.43 Å². The summed E-state index contributed by atoms with van der Waals surface area (Å²) in [5.41, 5.74) is 6.44. The molecule has 0 unspecified atom stereocenters. The summed E-state index contributed by atoms with van der Waals surface area (Å²) in [5.74, 6) is 0.105. The number of nitrogens with one attached hydrogen (secondary N) is 1. The Hall–Kier alpha value is -2.21. The molecule has 3 aromatic rings. The number of nitrogens with zero attached hydrogens (tertiary/aromatic N) is 2. The summed E-state index contributed by atoms with van der Waals surface area (Å²) in [4.78, 5) is 13.0. The van der Waals surface area contributed by atoms with E-state index < -0.39 is 0 Å². The van der Waals surface area contributed by atoms with Crippen LogP contribution in [0.1, 0.15) is 17.0 Å². The third kappa shape index (κ3) is 4.98. The smallest absolute Gasteiger partial charge is 0.250 e. The van der Waals surface area contributed by atoms with E-state index in [9.17, 15) is 4.79 Å². The summed E-state index contributed by atoms with van der Waals surface area (Å²) in [7, 11) is 0. The Kier molecular flexibility index (Phi) is 6.83. The number of carbonyl (C=O) groups is 1. The molecule has 0 bridgehead atoms. The predicted octanol–water partition coefficient (Wildman–Crippen LogP) is 5.64. The van der Waals surface area contributed by atoms with Gasteiger partial charge < -0.3 is 4.57 Å². The Morgan fingerprint density at radius 1 is 1.14 bits per heavy atom. The highest BCUT2D eigenvalue weighted by molar-refractivity contribution is 8.00. The molecule has 0 fully saturated rings. The van der Waals surface area contributed by atoms with Crippen LogP contribution in [0.4, 0.5) is 0 Å². The van der Waals surface area contributed by atoms with Crippen LogP contribution in [0.15, 0.2) is 64.6 Å². The zero-order valence-electron chi connectivity index (χ0n) is 15.4. The average Bonchev–Trinajstić information content (AvgIpc) is 2.95. The second-order valence-corrected chi connectivity index (χ2v) is 8.04. The Balaban J connectivity index is 1.63. The molecule has 0 radical (unpaired) electrons. The van der Waals surface area contributed by atoms with Gasteiger partial charge in [0.2, 0.25) is 5.91 Å². The molecule has 0 spiro atoms. The van der Waals surface area contributed by atoms with Gasteiger partial charge in [0.1, 0.15) is 0 Å². The molecule has 4 nitrogen and oxygen atoms in total. The monoisotopic (exact) mass is 431 g/mol. The van der Waals surface area contributed by atoms with E-state index in [1.165, 1.54) is 11.8 Å². The van der Waals surface area contributed by atoms with Crippen molar-refractivity contribution >= 4 is 47.1 Å². The molecule has 3 rings (SSSR count). The quantitative estimate of drug-likeness (QED) is 0.311. The molecule has 0 aliphatic rings. The van der Waals surface area contributed by atoms with Crippen molar-refractivity contribution in [3.05, 3.63) is 81.6 Å². The molecule has 7 heteroatoms. The van der Waals surface area contributed by atoms with Crippen LogP contribution in [0.3, 0.4) is 0 Å². The van der Waals surface area contributed by atoms with Gasteiger partial charge >= 0.3 is 0 Å². The van der Waals surface area contributed by atoms with E-state index in [-0.39, 0.29) is 11.7 Å². The van der Waals surface area contributed by atoms with Gasteiger partial charge in [-0.2, -0.15) is 5.10 Å². The number of hydrogen-bond donors (Lipinski definition) is 1. The number of para-hydroxylation sites is 1. The summed E-state index contributed by atoms with van der Waals surface area (Å²) < 4.78 is 2.07. The first kappa shape index (κ1) is 20.5. The largest absolute Gasteiger partial charge is 0.316 e. The molecule has 144 valence electrons. The number of hydrazone groups is 1. The van der Waals surface area contributed by atoms with Gasteiger partial charge in [0, 0.05) is 26.9 Å². The van der Waals surface area contributed by atoms with Crippen LogP contribution in [-0.2, 0) is 4.79 Å². The number of aromatic nitrogens is 1. The second kappa shape index (κ2) is 9.32. The highest BCUT2D eigenvalue weighted by atomic mass is 35.5. The summed E-state index contributed by atoms with van der Waals surface area (Å²) >= 11 is 13.6. The molecular formula is C21H19Cl2N3OS. The van der Waals surface area contributed by atoms with Crippen molar-refractivity contribution in [2.24, 2.45) is 5.10 Å². The number of amides is 1. The van der Waals surface area contributed by atoms with Crippen LogP contribution in [0, 0.1) is 13.8 Å². The minimum atomic E-state index is -0.170. The highest BCUT2D eigenvalue weighted by Crippen LogP contribution is 2.25. The van der Waals surface area contributed by atoms with Crippen LogP contribution in [0.25, 0.3) is 5.69 Å². The third-order valence-corrected chi connectivity index (χ3v) is 5.72. The molecule has 0 saturated carbocycles. The maximum absolute atomic E-state index is 12.0. The lowest BCUT2D eigenvalue weighted by atomic mass is 10.2. The average molecular weight is 432 g/mol. The van der Waals surface area contributed by atoms with Crippen molar-refractivity contribution in [3.63, 3.8) is 0 Å². The summed E-state index contributed by atoms with van der Waals surface area (Å²) in [6.45, 7) is 4.00. The Bertz CT molecular complexity index is 1010. The molecule has 0 saturated heterocycles. The molecule has 0 aliphatic heterocycles. The van der Waals surface area contributed by atoms with Crippen molar-refractivity contribution in [3.8, 4) is 5.69 Å². The maximum atomic E-state index is 12.0. The molecule has 1 amide bonds. The lowest BCUT2D eigenvalue weighted by Crippen LogP contribution is -2.19. The zero-order valence-corrected chi connectivity index (χ0v) is 17.8. The van der Waals surface area contributed by atoms with Crippen LogP contribution < -0.4 is 5.43 Å². The van der Waals surface area contributed by atoms with Gasteiger partial charge in [0.05, 0.1) is 22.7 Å². The number of thioether (sulfide) groups is 1. The third-order valence-electron chi connectivity index (χ3n) is 4.14. The van der Waals surface area contributed by atoms with Crippen molar-refractivity contribution in [2.45, 2.75) is 18.7 Å². The van der Waals surface area contributed by atoms with E-state index in [0.717, 1.165) is 27.5 Å². The molecule has 1 heterocycles. The Labute approximate surface area is 178 Å². The van der Waals surface area contributed by atoms with Gasteiger partial charge in [0.25, 0.3) is 0 Å². The number of benzene rings is 2. The molecule has 0 atom stereocenters. The van der Waals surface area contributed by atoms with E-state index in [1.807, 2.05) is 56.3 Å². The normalized spacial score (nSPS) is 11.1. The minimum Gasteiger partial charge on any atom is -0.316 e. The van der Waals surface area contributed by atoms with E-state index in [0.29, 0.717) is 10.0 Å². The molecule has 1 N–H and O–H groups in total. The lowest BCUT2D eigenvalue weighted by molar-refractivity contribution is -0.118. The molecule has 2 aromatic carbocycles. The molecular weight excluding hydrogens is 413 g/mol. The fourth-order valence-electron chi connectivity index (χ4n) is 2.81. The number of hydrogen-bond acceptors (Lipinski definition) is 3. The van der Waals surface area contributed by atoms with Crippen LogP contribution in [0.5, 0.6) is 0 Å². The molecule has 28 heavy (non-hydrogen) atoms. The Morgan fingerprint density at radius 2 is 1.86 bits per heavy atom. The number of rotatable bonds is 6. The van der Waals surface area contributed by atoms with Crippen molar-refractivity contribution < 1.29 is 4.79 Å². The highest BCUT2D eigenvalue weighted by Gasteiger charge is 2.11. The lowest BCUT2D eigenvalue weighted by Gasteiger charge is -2.11. The van der Waals surface area contributed by atoms with E-state index >= 15 is 0 Å². The van der Waals surface area contributed by atoms with Gasteiger partial charge in [-0.15, -0.1) is 11.8 Å². The number of aryl methyl sites for hydroxylation is 1. The van der Waals surface area contributed by atoms with Crippen molar-refractivity contribution in [1.82, 2.24) is 9.99 Å². The summed E-state index contributed by atoms with van der Waals surface area (Å²) in [6, 6.07) is 17.1. The molecule has 0 aliphatic carbocycles. The number of carbonyl (C=O) groups excluding carboxylic acids is 1.